The van der Waals surface area contributed by atoms with Crippen LogP contribution in [-0.2, 0) is 19.4 Å². The number of halogens is 1. The Morgan fingerprint density at radius 1 is 1.37 bits per heavy atom. The molecule has 1 atom stereocenters. The summed E-state index contributed by atoms with van der Waals surface area (Å²) in [5, 5.41) is 2.99. The van der Waals surface area contributed by atoms with Crippen LogP contribution in [-0.4, -0.2) is 39.8 Å². The van der Waals surface area contributed by atoms with Crippen molar-refractivity contribution in [2.24, 2.45) is 0 Å². The molecule has 0 saturated heterocycles. The first-order chi connectivity index (χ1) is 8.85. The van der Waals surface area contributed by atoms with E-state index in [1.165, 1.54) is 31.4 Å². The molecular formula is C12H16ClNO4S. The molecule has 0 aliphatic carbocycles. The fourth-order valence-electron chi connectivity index (χ4n) is 1.51. The average molecular weight is 306 g/mol. The summed E-state index contributed by atoms with van der Waals surface area (Å²) in [5.41, 5.74) is 0. The van der Waals surface area contributed by atoms with Gasteiger partial charge in [-0.15, -0.1) is 0 Å². The van der Waals surface area contributed by atoms with Crippen molar-refractivity contribution in [3.8, 4) is 0 Å². The summed E-state index contributed by atoms with van der Waals surface area (Å²) in [6, 6.07) is 5.46. The smallest absolute Gasteiger partial charge is 0.235 e. The molecule has 0 radical (unpaired) electrons. The van der Waals surface area contributed by atoms with Gasteiger partial charge in [0.05, 0.1) is 11.5 Å². The molecule has 0 spiro atoms. The molecule has 1 rings (SSSR count). The Hall–Kier alpha value is -1.11. The molecule has 19 heavy (non-hydrogen) atoms. The van der Waals surface area contributed by atoms with Gasteiger partial charge in [-0.1, -0.05) is 11.6 Å². The highest BCUT2D eigenvalue weighted by atomic mass is 35.5. The molecule has 7 heteroatoms. The molecule has 0 heterocycles. The Labute approximate surface area is 117 Å². The van der Waals surface area contributed by atoms with Crippen molar-refractivity contribution < 1.29 is 17.9 Å². The van der Waals surface area contributed by atoms with Gasteiger partial charge in [0.2, 0.25) is 5.91 Å². The largest absolute Gasteiger partial charge is 0.383 e. The van der Waals surface area contributed by atoms with E-state index in [0.29, 0.717) is 11.6 Å². The molecule has 106 valence electrons. The van der Waals surface area contributed by atoms with Crippen molar-refractivity contribution in [1.82, 2.24) is 5.32 Å². The lowest BCUT2D eigenvalue weighted by atomic mass is 10.3. The fourth-order valence-corrected chi connectivity index (χ4v) is 2.78. The van der Waals surface area contributed by atoms with Crippen LogP contribution < -0.4 is 5.32 Å². The summed E-state index contributed by atoms with van der Waals surface area (Å²) in [5.74, 6) is -1.15. The third-order valence-electron chi connectivity index (χ3n) is 2.32. The predicted molar refractivity (Wildman–Crippen MR) is 73.0 cm³/mol. The standard InChI is InChI=1S/C12H16ClNO4S/c1-9(7-18-2)14-12(15)8-19(16,17)11-5-3-10(13)4-6-11/h3-6,9H,7-8H2,1-2H3,(H,14,15). The minimum atomic E-state index is -3.65. The van der Waals surface area contributed by atoms with Gasteiger partial charge < -0.3 is 10.1 Å². The molecule has 0 saturated carbocycles. The normalized spacial score (nSPS) is 13.0. The number of carbonyl (C=O) groups excluding carboxylic acids is 1. The molecule has 1 N–H and O–H groups in total. The Morgan fingerprint density at radius 3 is 2.47 bits per heavy atom. The SMILES string of the molecule is COCC(C)NC(=O)CS(=O)(=O)c1ccc(Cl)cc1. The number of methoxy groups -OCH3 is 1. The van der Waals surface area contributed by atoms with E-state index in [2.05, 4.69) is 5.32 Å². The Balaban J connectivity index is 2.69. The zero-order valence-electron chi connectivity index (χ0n) is 10.7. The third-order valence-corrected chi connectivity index (χ3v) is 4.20. The van der Waals surface area contributed by atoms with Gasteiger partial charge in [-0.05, 0) is 31.2 Å². The monoisotopic (exact) mass is 305 g/mol. The fraction of sp³-hybridized carbons (Fsp3) is 0.417. The van der Waals surface area contributed by atoms with Gasteiger partial charge in [0.15, 0.2) is 9.84 Å². The van der Waals surface area contributed by atoms with Crippen LogP contribution in [0.3, 0.4) is 0 Å². The van der Waals surface area contributed by atoms with E-state index < -0.39 is 21.5 Å². The van der Waals surface area contributed by atoms with Crippen LogP contribution in [0.15, 0.2) is 29.2 Å². The van der Waals surface area contributed by atoms with Crippen molar-refractivity contribution in [3.63, 3.8) is 0 Å². The highest BCUT2D eigenvalue weighted by molar-refractivity contribution is 7.92. The lowest BCUT2D eigenvalue weighted by Crippen LogP contribution is -2.39. The van der Waals surface area contributed by atoms with E-state index in [-0.39, 0.29) is 10.9 Å². The molecule has 1 aromatic rings. The first kappa shape index (κ1) is 15.9. The lowest BCUT2D eigenvalue weighted by molar-refractivity contribution is -0.119. The second-order valence-corrected chi connectivity index (χ2v) is 6.56. The van der Waals surface area contributed by atoms with E-state index in [0.717, 1.165) is 0 Å². The molecule has 1 amide bonds. The molecule has 0 aliphatic rings. The van der Waals surface area contributed by atoms with Crippen molar-refractivity contribution in [1.29, 1.82) is 0 Å². The van der Waals surface area contributed by atoms with Crippen molar-refractivity contribution in [3.05, 3.63) is 29.3 Å². The van der Waals surface area contributed by atoms with Gasteiger partial charge in [0, 0.05) is 18.2 Å². The van der Waals surface area contributed by atoms with Crippen LogP contribution in [0.2, 0.25) is 5.02 Å². The van der Waals surface area contributed by atoms with E-state index in [1.807, 2.05) is 0 Å². The number of sulfone groups is 1. The van der Waals surface area contributed by atoms with Crippen LogP contribution in [0, 0.1) is 0 Å². The minimum Gasteiger partial charge on any atom is -0.383 e. The summed E-state index contributed by atoms with van der Waals surface area (Å²) in [6.45, 7) is 2.06. The quantitative estimate of drug-likeness (QED) is 0.859. The zero-order valence-corrected chi connectivity index (χ0v) is 12.3. The number of nitrogens with one attached hydrogen (secondary N) is 1. The lowest BCUT2D eigenvalue weighted by Gasteiger charge is -2.12. The number of amides is 1. The number of hydrogen-bond acceptors (Lipinski definition) is 4. The number of ether oxygens (including phenoxy) is 1. The maximum Gasteiger partial charge on any atom is 0.235 e. The number of benzene rings is 1. The minimum absolute atomic E-state index is 0.0754. The summed E-state index contributed by atoms with van der Waals surface area (Å²) < 4.78 is 28.8. The Kier molecular flexibility index (Phi) is 5.78. The molecule has 0 fully saturated rings. The number of rotatable bonds is 6. The summed E-state index contributed by atoms with van der Waals surface area (Å²) in [4.78, 5) is 11.7. The molecular weight excluding hydrogens is 290 g/mol. The Bertz CT molecular complexity index is 527. The maximum atomic E-state index is 12.0. The first-order valence-electron chi connectivity index (χ1n) is 5.62. The molecule has 1 aromatic carbocycles. The van der Waals surface area contributed by atoms with Crippen LogP contribution in [0.5, 0.6) is 0 Å². The van der Waals surface area contributed by atoms with E-state index in [9.17, 15) is 13.2 Å². The van der Waals surface area contributed by atoms with Gasteiger partial charge in [0.25, 0.3) is 0 Å². The summed E-state index contributed by atoms with van der Waals surface area (Å²) in [7, 11) is -2.14. The van der Waals surface area contributed by atoms with Gasteiger partial charge in [-0.2, -0.15) is 0 Å². The molecule has 0 bridgehead atoms. The molecule has 0 aliphatic heterocycles. The molecule has 0 aromatic heterocycles. The number of hydrogen-bond donors (Lipinski definition) is 1. The third kappa shape index (κ3) is 5.18. The van der Waals surface area contributed by atoms with E-state index >= 15 is 0 Å². The highest BCUT2D eigenvalue weighted by Crippen LogP contribution is 2.15. The zero-order chi connectivity index (χ0) is 14.5. The van der Waals surface area contributed by atoms with Crippen LogP contribution in [0.25, 0.3) is 0 Å². The molecule has 1 unspecified atom stereocenters. The van der Waals surface area contributed by atoms with Crippen LogP contribution in [0.4, 0.5) is 0 Å². The Morgan fingerprint density at radius 2 is 1.95 bits per heavy atom. The average Bonchev–Trinajstić information content (AvgIpc) is 2.28. The second kappa shape index (κ2) is 6.88. The van der Waals surface area contributed by atoms with E-state index in [4.69, 9.17) is 16.3 Å². The van der Waals surface area contributed by atoms with Crippen molar-refractivity contribution in [2.45, 2.75) is 17.9 Å². The van der Waals surface area contributed by atoms with Crippen LogP contribution >= 0.6 is 11.6 Å². The molecule has 5 nitrogen and oxygen atoms in total. The summed E-state index contributed by atoms with van der Waals surface area (Å²) >= 11 is 5.68. The number of carbonyl (C=O) groups is 1. The predicted octanol–water partition coefficient (Wildman–Crippen LogP) is 1.26. The van der Waals surface area contributed by atoms with Crippen molar-refractivity contribution in [2.75, 3.05) is 19.5 Å². The van der Waals surface area contributed by atoms with Gasteiger partial charge in [-0.3, -0.25) is 4.79 Å². The van der Waals surface area contributed by atoms with E-state index in [1.54, 1.807) is 6.92 Å². The topological polar surface area (TPSA) is 72.5 Å². The van der Waals surface area contributed by atoms with Crippen LogP contribution in [0.1, 0.15) is 6.92 Å². The highest BCUT2D eigenvalue weighted by Gasteiger charge is 2.20. The second-order valence-electron chi connectivity index (χ2n) is 4.14. The first-order valence-corrected chi connectivity index (χ1v) is 7.65. The van der Waals surface area contributed by atoms with Gasteiger partial charge >= 0.3 is 0 Å². The summed E-state index contributed by atoms with van der Waals surface area (Å²) in [6.07, 6.45) is 0. The van der Waals surface area contributed by atoms with Gasteiger partial charge in [0.1, 0.15) is 5.75 Å². The van der Waals surface area contributed by atoms with Gasteiger partial charge in [-0.25, -0.2) is 8.42 Å². The van der Waals surface area contributed by atoms with Crippen molar-refractivity contribution >= 4 is 27.3 Å². The maximum absolute atomic E-state index is 12.0.